The van der Waals surface area contributed by atoms with Crippen LogP contribution in [0.4, 0.5) is 5.69 Å². The zero-order valence-corrected chi connectivity index (χ0v) is 14.5. The standard InChI is InChI=1S/C21H23NO2/c1-21(17-8-7-11-19(14-17)24-3)13-12-16(20(21)23)15-22(2)18-9-5-4-6-10-18/h4-11,14-15H,12-13H2,1-3H3/b16-15+/t21-/m0/s1. The van der Waals surface area contributed by atoms with Crippen molar-refractivity contribution in [2.45, 2.75) is 25.2 Å². The van der Waals surface area contributed by atoms with Gasteiger partial charge in [0.15, 0.2) is 5.78 Å². The number of para-hydroxylation sites is 1. The normalized spacial score (nSPS) is 22.0. The van der Waals surface area contributed by atoms with Crippen LogP contribution < -0.4 is 9.64 Å². The number of ketones is 1. The number of nitrogens with zero attached hydrogens (tertiary/aromatic N) is 1. The van der Waals surface area contributed by atoms with Crippen LogP contribution >= 0.6 is 0 Å². The van der Waals surface area contributed by atoms with Crippen LogP contribution in [-0.4, -0.2) is 19.9 Å². The molecule has 3 rings (SSSR count). The van der Waals surface area contributed by atoms with Gasteiger partial charge in [-0.1, -0.05) is 30.3 Å². The van der Waals surface area contributed by atoms with Crippen molar-refractivity contribution in [2.75, 3.05) is 19.1 Å². The average molecular weight is 321 g/mol. The van der Waals surface area contributed by atoms with Crippen molar-refractivity contribution in [1.29, 1.82) is 0 Å². The van der Waals surface area contributed by atoms with Gasteiger partial charge in [-0.2, -0.15) is 0 Å². The molecule has 1 atom stereocenters. The average Bonchev–Trinajstić information content (AvgIpc) is 2.92. The Morgan fingerprint density at radius 3 is 2.58 bits per heavy atom. The minimum Gasteiger partial charge on any atom is -0.497 e. The second-order valence-corrected chi connectivity index (χ2v) is 6.49. The summed E-state index contributed by atoms with van der Waals surface area (Å²) >= 11 is 0. The molecule has 1 aliphatic rings. The summed E-state index contributed by atoms with van der Waals surface area (Å²) in [5, 5.41) is 0. The van der Waals surface area contributed by atoms with Crippen molar-refractivity contribution in [3.63, 3.8) is 0 Å². The first-order chi connectivity index (χ1) is 11.5. The quantitative estimate of drug-likeness (QED) is 0.785. The zero-order valence-electron chi connectivity index (χ0n) is 14.5. The molecule has 24 heavy (non-hydrogen) atoms. The molecule has 3 heteroatoms. The molecular weight excluding hydrogens is 298 g/mol. The monoisotopic (exact) mass is 321 g/mol. The smallest absolute Gasteiger partial charge is 0.170 e. The van der Waals surface area contributed by atoms with Gasteiger partial charge in [-0.3, -0.25) is 4.79 Å². The lowest BCUT2D eigenvalue weighted by Gasteiger charge is -2.23. The van der Waals surface area contributed by atoms with Crippen molar-refractivity contribution in [2.24, 2.45) is 0 Å². The highest BCUT2D eigenvalue weighted by Crippen LogP contribution is 2.41. The van der Waals surface area contributed by atoms with Crippen LogP contribution in [0, 0.1) is 0 Å². The van der Waals surface area contributed by atoms with E-state index in [1.807, 2.05) is 79.7 Å². The Hall–Kier alpha value is -2.55. The maximum atomic E-state index is 13.1. The number of carbonyl (C=O) groups excluding carboxylic acids is 1. The summed E-state index contributed by atoms with van der Waals surface area (Å²) in [4.78, 5) is 15.1. The summed E-state index contributed by atoms with van der Waals surface area (Å²) in [7, 11) is 3.63. The Morgan fingerprint density at radius 1 is 1.12 bits per heavy atom. The summed E-state index contributed by atoms with van der Waals surface area (Å²) in [6.45, 7) is 2.04. The molecule has 124 valence electrons. The molecule has 0 N–H and O–H groups in total. The number of hydrogen-bond donors (Lipinski definition) is 0. The second-order valence-electron chi connectivity index (χ2n) is 6.49. The van der Waals surface area contributed by atoms with E-state index in [9.17, 15) is 4.79 Å². The molecule has 0 aliphatic heterocycles. The topological polar surface area (TPSA) is 29.5 Å². The Kier molecular flexibility index (Phi) is 4.43. The van der Waals surface area contributed by atoms with E-state index in [-0.39, 0.29) is 5.78 Å². The summed E-state index contributed by atoms with van der Waals surface area (Å²) in [5.74, 6) is 0.999. The van der Waals surface area contributed by atoms with Crippen LogP contribution in [0.25, 0.3) is 0 Å². The van der Waals surface area contributed by atoms with Crippen molar-refractivity contribution in [3.8, 4) is 5.75 Å². The van der Waals surface area contributed by atoms with E-state index >= 15 is 0 Å². The molecule has 0 radical (unpaired) electrons. The van der Waals surface area contributed by atoms with Gasteiger partial charge in [0, 0.05) is 24.5 Å². The van der Waals surface area contributed by atoms with E-state index in [2.05, 4.69) is 0 Å². The van der Waals surface area contributed by atoms with E-state index in [0.29, 0.717) is 0 Å². The maximum absolute atomic E-state index is 13.1. The third-order valence-electron chi connectivity index (χ3n) is 4.91. The highest BCUT2D eigenvalue weighted by atomic mass is 16.5. The van der Waals surface area contributed by atoms with E-state index in [1.165, 1.54) is 0 Å². The molecule has 1 saturated carbocycles. The molecule has 0 bridgehead atoms. The van der Waals surface area contributed by atoms with E-state index in [1.54, 1.807) is 7.11 Å². The third-order valence-corrected chi connectivity index (χ3v) is 4.91. The third kappa shape index (κ3) is 2.94. The minimum absolute atomic E-state index is 0.207. The molecule has 0 saturated heterocycles. The zero-order chi connectivity index (χ0) is 17.2. The fraction of sp³-hybridized carbons (Fsp3) is 0.286. The van der Waals surface area contributed by atoms with Crippen LogP contribution in [0.3, 0.4) is 0 Å². The molecule has 0 spiro atoms. The number of benzene rings is 2. The van der Waals surface area contributed by atoms with Crippen molar-refractivity contribution in [1.82, 2.24) is 0 Å². The largest absolute Gasteiger partial charge is 0.497 e. The second kappa shape index (κ2) is 6.52. The summed E-state index contributed by atoms with van der Waals surface area (Å²) in [6, 6.07) is 17.9. The first kappa shape index (κ1) is 16.3. The number of methoxy groups -OCH3 is 1. The predicted molar refractivity (Wildman–Crippen MR) is 97.5 cm³/mol. The molecule has 3 nitrogen and oxygen atoms in total. The summed E-state index contributed by atoms with van der Waals surface area (Å²) < 4.78 is 5.31. The van der Waals surface area contributed by atoms with Gasteiger partial charge in [-0.15, -0.1) is 0 Å². The molecule has 0 heterocycles. The number of carbonyl (C=O) groups is 1. The molecule has 2 aromatic carbocycles. The summed E-state index contributed by atoms with van der Waals surface area (Å²) in [6.07, 6.45) is 3.60. The predicted octanol–water partition coefficient (Wildman–Crippen LogP) is 4.34. The molecule has 1 fully saturated rings. The van der Waals surface area contributed by atoms with Crippen LogP contribution in [0.15, 0.2) is 66.4 Å². The van der Waals surface area contributed by atoms with E-state index < -0.39 is 5.41 Å². The molecule has 0 unspecified atom stereocenters. The summed E-state index contributed by atoms with van der Waals surface area (Å²) in [5.41, 5.74) is 2.51. The maximum Gasteiger partial charge on any atom is 0.170 e. The number of hydrogen-bond acceptors (Lipinski definition) is 3. The lowest BCUT2D eigenvalue weighted by Crippen LogP contribution is -2.28. The Bertz CT molecular complexity index is 766. The fourth-order valence-corrected chi connectivity index (χ4v) is 3.30. The van der Waals surface area contributed by atoms with E-state index in [0.717, 1.165) is 35.4 Å². The molecule has 1 aliphatic carbocycles. The SMILES string of the molecule is COc1cccc([C@]2(C)CC/C(=C\N(C)c3ccccc3)C2=O)c1. The molecular formula is C21H23NO2. The molecule has 2 aromatic rings. The van der Waals surface area contributed by atoms with Crippen LogP contribution in [0.1, 0.15) is 25.3 Å². The highest BCUT2D eigenvalue weighted by Gasteiger charge is 2.42. The highest BCUT2D eigenvalue weighted by molar-refractivity contribution is 6.05. The fourth-order valence-electron chi connectivity index (χ4n) is 3.30. The van der Waals surface area contributed by atoms with Crippen LogP contribution in [0.2, 0.25) is 0 Å². The van der Waals surface area contributed by atoms with Gasteiger partial charge < -0.3 is 9.64 Å². The van der Waals surface area contributed by atoms with Gasteiger partial charge >= 0.3 is 0 Å². The van der Waals surface area contributed by atoms with Gasteiger partial charge in [-0.25, -0.2) is 0 Å². The lowest BCUT2D eigenvalue weighted by atomic mass is 9.80. The minimum atomic E-state index is -0.474. The van der Waals surface area contributed by atoms with Crippen molar-refractivity contribution >= 4 is 11.5 Å². The number of Topliss-reactive ketones (excluding diaryl/α,β-unsaturated/α-hetero) is 1. The van der Waals surface area contributed by atoms with Gasteiger partial charge in [0.05, 0.1) is 12.5 Å². The number of rotatable bonds is 4. The lowest BCUT2D eigenvalue weighted by molar-refractivity contribution is -0.118. The number of anilines is 1. The number of ether oxygens (including phenoxy) is 1. The van der Waals surface area contributed by atoms with Crippen LogP contribution in [-0.2, 0) is 10.2 Å². The van der Waals surface area contributed by atoms with E-state index in [4.69, 9.17) is 4.74 Å². The van der Waals surface area contributed by atoms with Gasteiger partial charge in [0.1, 0.15) is 5.75 Å². The van der Waals surface area contributed by atoms with Gasteiger partial charge in [0.2, 0.25) is 0 Å². The van der Waals surface area contributed by atoms with Gasteiger partial charge in [-0.05, 0) is 49.6 Å². The number of allylic oxidation sites excluding steroid dienone is 1. The van der Waals surface area contributed by atoms with Crippen molar-refractivity contribution in [3.05, 3.63) is 71.9 Å². The molecule has 0 amide bonds. The Morgan fingerprint density at radius 2 is 1.88 bits per heavy atom. The van der Waals surface area contributed by atoms with Crippen LogP contribution in [0.5, 0.6) is 5.75 Å². The molecule has 0 aromatic heterocycles. The Balaban J connectivity index is 1.87. The first-order valence-corrected chi connectivity index (χ1v) is 8.22. The van der Waals surface area contributed by atoms with Gasteiger partial charge in [0.25, 0.3) is 0 Å². The Labute approximate surface area is 143 Å². The van der Waals surface area contributed by atoms with Crippen molar-refractivity contribution < 1.29 is 9.53 Å². The first-order valence-electron chi connectivity index (χ1n) is 8.22.